The predicted octanol–water partition coefficient (Wildman–Crippen LogP) is 5.94. The van der Waals surface area contributed by atoms with Crippen LogP contribution in [0, 0.1) is 0 Å². The van der Waals surface area contributed by atoms with E-state index in [9.17, 15) is 9.90 Å². The van der Waals surface area contributed by atoms with Gasteiger partial charge in [-0.1, -0.05) is 24.6 Å². The fraction of sp³-hybridized carbons (Fsp3) is 0.160. The van der Waals surface area contributed by atoms with Crippen molar-refractivity contribution in [2.75, 3.05) is 11.9 Å². The molecule has 0 bridgehead atoms. The topological polar surface area (TPSA) is 96.6 Å². The molecule has 3 aromatic carbocycles. The molecule has 4 aromatic rings. The summed E-state index contributed by atoms with van der Waals surface area (Å²) in [7, 11) is 0. The second-order valence-corrected chi connectivity index (χ2v) is 8.21. The third kappa shape index (κ3) is 5.13. The number of phenolic OH excluding ortho intramolecular Hbond substituents is 1. The molecule has 9 heteroatoms. The van der Waals surface area contributed by atoms with Crippen LogP contribution in [0.15, 0.2) is 59.0 Å². The van der Waals surface area contributed by atoms with Crippen molar-refractivity contribution >= 4 is 51.6 Å². The van der Waals surface area contributed by atoms with Crippen LogP contribution < -0.4 is 15.4 Å². The maximum Gasteiger partial charge on any atom is 0.257 e. The Morgan fingerprint density at radius 2 is 1.97 bits per heavy atom. The van der Waals surface area contributed by atoms with E-state index >= 15 is 0 Å². The number of nitrogens with zero attached hydrogens (tertiary/aromatic N) is 1. The maximum absolute atomic E-state index is 12.5. The number of thiocarbonyl (C=S) groups is 1. The van der Waals surface area contributed by atoms with Gasteiger partial charge in [-0.15, -0.1) is 0 Å². The SMILES string of the molecule is CCOc1ccc(C(=O)NC(=S)Nc2ccc(-c3nc4cc(CC)ccc4o3)c(O)c2)cc1Cl. The highest BCUT2D eigenvalue weighted by atomic mass is 35.5. The van der Waals surface area contributed by atoms with Crippen molar-refractivity contribution in [2.24, 2.45) is 0 Å². The van der Waals surface area contributed by atoms with Gasteiger partial charge in [0.25, 0.3) is 5.91 Å². The molecule has 3 N–H and O–H groups in total. The van der Waals surface area contributed by atoms with Gasteiger partial charge in [0.15, 0.2) is 10.7 Å². The molecular formula is C25H22ClN3O4S. The molecule has 0 radical (unpaired) electrons. The molecule has 0 aliphatic rings. The van der Waals surface area contributed by atoms with Crippen molar-refractivity contribution in [3.8, 4) is 23.0 Å². The van der Waals surface area contributed by atoms with Crippen LogP contribution in [-0.2, 0) is 6.42 Å². The molecule has 0 aliphatic heterocycles. The lowest BCUT2D eigenvalue weighted by Crippen LogP contribution is -2.34. The lowest BCUT2D eigenvalue weighted by Gasteiger charge is -2.12. The summed E-state index contributed by atoms with van der Waals surface area (Å²) in [5.41, 5.74) is 3.79. The Morgan fingerprint density at radius 1 is 1.15 bits per heavy atom. The Kier molecular flexibility index (Phi) is 7.00. The Hall–Kier alpha value is -3.62. The standard InChI is InChI=1S/C25H22ClN3O4S/c1-3-14-5-9-22-19(11-14)28-24(33-22)17-8-7-16(13-20(17)30)27-25(34)29-23(31)15-6-10-21(32-4-2)18(26)12-15/h5-13,30H,3-4H2,1-2H3,(H2,27,29,31,34). The highest BCUT2D eigenvalue weighted by Crippen LogP contribution is 2.33. The molecule has 0 saturated carbocycles. The number of oxazole rings is 1. The van der Waals surface area contributed by atoms with E-state index in [1.54, 1.807) is 24.3 Å². The molecular weight excluding hydrogens is 474 g/mol. The molecule has 0 aliphatic carbocycles. The monoisotopic (exact) mass is 495 g/mol. The highest BCUT2D eigenvalue weighted by Gasteiger charge is 2.15. The minimum Gasteiger partial charge on any atom is -0.507 e. The van der Waals surface area contributed by atoms with Gasteiger partial charge in [-0.25, -0.2) is 4.98 Å². The lowest BCUT2D eigenvalue weighted by molar-refractivity contribution is 0.0977. The molecule has 34 heavy (non-hydrogen) atoms. The Bertz CT molecular complexity index is 1390. The maximum atomic E-state index is 12.5. The van der Waals surface area contributed by atoms with E-state index in [1.165, 1.54) is 12.1 Å². The summed E-state index contributed by atoms with van der Waals surface area (Å²) in [6.45, 7) is 4.39. The normalized spacial score (nSPS) is 10.8. The third-order valence-corrected chi connectivity index (χ3v) is 5.57. The minimum atomic E-state index is -0.429. The zero-order valence-electron chi connectivity index (χ0n) is 18.5. The molecule has 0 spiro atoms. The van der Waals surface area contributed by atoms with Crippen LogP contribution >= 0.6 is 23.8 Å². The van der Waals surface area contributed by atoms with Crippen LogP contribution in [0.4, 0.5) is 5.69 Å². The molecule has 1 heterocycles. The molecule has 0 fully saturated rings. The summed E-state index contributed by atoms with van der Waals surface area (Å²) < 4.78 is 11.2. The van der Waals surface area contributed by atoms with Crippen LogP contribution in [-0.4, -0.2) is 27.7 Å². The first-order chi connectivity index (χ1) is 16.4. The number of fused-ring (bicyclic) bond motifs is 1. The average molecular weight is 496 g/mol. The molecule has 174 valence electrons. The Labute approximate surface area is 206 Å². The number of aromatic nitrogens is 1. The number of aromatic hydroxyl groups is 1. The molecule has 1 aromatic heterocycles. The van der Waals surface area contributed by atoms with Crippen LogP contribution in [0.3, 0.4) is 0 Å². The van der Waals surface area contributed by atoms with Crippen LogP contribution in [0.5, 0.6) is 11.5 Å². The molecule has 0 atom stereocenters. The first-order valence-corrected chi connectivity index (χ1v) is 11.4. The van der Waals surface area contributed by atoms with Crippen molar-refractivity contribution in [3.05, 3.63) is 70.7 Å². The number of ether oxygens (including phenoxy) is 1. The lowest BCUT2D eigenvalue weighted by atomic mass is 10.1. The van der Waals surface area contributed by atoms with Gasteiger partial charge in [0.2, 0.25) is 5.89 Å². The first-order valence-electron chi connectivity index (χ1n) is 10.7. The Balaban J connectivity index is 1.44. The van der Waals surface area contributed by atoms with E-state index in [1.807, 2.05) is 25.1 Å². The highest BCUT2D eigenvalue weighted by molar-refractivity contribution is 7.80. The van der Waals surface area contributed by atoms with Gasteiger partial charge in [0.1, 0.15) is 17.0 Å². The van der Waals surface area contributed by atoms with E-state index in [0.717, 1.165) is 17.5 Å². The smallest absolute Gasteiger partial charge is 0.257 e. The van der Waals surface area contributed by atoms with Crippen molar-refractivity contribution in [1.82, 2.24) is 10.3 Å². The van der Waals surface area contributed by atoms with Gasteiger partial charge < -0.3 is 19.6 Å². The number of hydrogen-bond acceptors (Lipinski definition) is 6. The number of amides is 1. The van der Waals surface area contributed by atoms with Crippen molar-refractivity contribution < 1.29 is 19.1 Å². The van der Waals surface area contributed by atoms with Gasteiger partial charge in [0.05, 0.1) is 17.2 Å². The number of aryl methyl sites for hydroxylation is 1. The second kappa shape index (κ2) is 10.1. The number of halogens is 1. The molecule has 0 unspecified atom stereocenters. The number of carbonyl (C=O) groups excluding carboxylic acids is 1. The van der Waals surface area contributed by atoms with Crippen molar-refractivity contribution in [1.29, 1.82) is 0 Å². The van der Waals surface area contributed by atoms with E-state index in [0.29, 0.717) is 45.7 Å². The summed E-state index contributed by atoms with van der Waals surface area (Å²) >= 11 is 11.4. The Morgan fingerprint density at radius 3 is 2.68 bits per heavy atom. The summed E-state index contributed by atoms with van der Waals surface area (Å²) in [5, 5.41) is 16.4. The zero-order chi connectivity index (χ0) is 24.2. The summed E-state index contributed by atoms with van der Waals surface area (Å²) in [4.78, 5) is 17.0. The number of benzene rings is 3. The van der Waals surface area contributed by atoms with Gasteiger partial charge in [-0.3, -0.25) is 10.1 Å². The quantitative estimate of drug-likeness (QED) is 0.285. The number of hydrogen-bond donors (Lipinski definition) is 3. The van der Waals surface area contributed by atoms with Crippen LogP contribution in [0.1, 0.15) is 29.8 Å². The average Bonchev–Trinajstić information content (AvgIpc) is 3.23. The molecule has 0 saturated heterocycles. The largest absolute Gasteiger partial charge is 0.507 e. The minimum absolute atomic E-state index is 0.0420. The first kappa shape index (κ1) is 23.5. The van der Waals surface area contributed by atoms with Crippen molar-refractivity contribution in [3.63, 3.8) is 0 Å². The van der Waals surface area contributed by atoms with E-state index in [2.05, 4.69) is 22.5 Å². The fourth-order valence-corrected chi connectivity index (χ4v) is 3.80. The number of phenols is 1. The molecule has 4 rings (SSSR count). The van der Waals surface area contributed by atoms with Crippen molar-refractivity contribution in [2.45, 2.75) is 20.3 Å². The van der Waals surface area contributed by atoms with E-state index < -0.39 is 5.91 Å². The summed E-state index contributed by atoms with van der Waals surface area (Å²) in [5.74, 6) is 0.346. The summed E-state index contributed by atoms with van der Waals surface area (Å²) in [6.07, 6.45) is 0.895. The number of rotatable bonds is 6. The molecule has 7 nitrogen and oxygen atoms in total. The number of anilines is 1. The van der Waals surface area contributed by atoms with Gasteiger partial charge >= 0.3 is 0 Å². The van der Waals surface area contributed by atoms with E-state index in [-0.39, 0.29) is 10.9 Å². The molecule has 1 amide bonds. The van der Waals surface area contributed by atoms with Crippen LogP contribution in [0.25, 0.3) is 22.6 Å². The fourth-order valence-electron chi connectivity index (χ4n) is 3.35. The third-order valence-electron chi connectivity index (χ3n) is 5.07. The van der Waals surface area contributed by atoms with Gasteiger partial charge in [-0.2, -0.15) is 0 Å². The summed E-state index contributed by atoms with van der Waals surface area (Å²) in [6, 6.07) is 15.4. The van der Waals surface area contributed by atoms with Gasteiger partial charge in [-0.05, 0) is 73.6 Å². The predicted molar refractivity (Wildman–Crippen MR) is 137 cm³/mol. The number of carbonyl (C=O) groups is 1. The zero-order valence-corrected chi connectivity index (χ0v) is 20.1. The van der Waals surface area contributed by atoms with E-state index in [4.69, 9.17) is 33.0 Å². The van der Waals surface area contributed by atoms with Crippen LogP contribution in [0.2, 0.25) is 5.02 Å². The number of nitrogens with one attached hydrogen (secondary N) is 2. The van der Waals surface area contributed by atoms with Gasteiger partial charge in [0, 0.05) is 17.3 Å². The second-order valence-electron chi connectivity index (χ2n) is 7.39.